The van der Waals surface area contributed by atoms with E-state index in [1.165, 1.54) is 7.11 Å². The van der Waals surface area contributed by atoms with E-state index in [0.717, 1.165) is 12.3 Å². The first kappa shape index (κ1) is 14.2. The third kappa shape index (κ3) is 4.12. The van der Waals surface area contributed by atoms with Gasteiger partial charge in [0.05, 0.1) is 4.90 Å². The maximum Gasteiger partial charge on any atom is 0.266 e. The van der Waals surface area contributed by atoms with Crippen molar-refractivity contribution in [2.75, 3.05) is 20.3 Å². The lowest BCUT2D eigenvalue weighted by Crippen LogP contribution is -2.26. The molecule has 0 spiro atoms. The van der Waals surface area contributed by atoms with Gasteiger partial charge in [0.15, 0.2) is 0 Å². The fraction of sp³-hybridized carbons (Fsp3) is 0.444. The molecule has 0 aliphatic heterocycles. The molecule has 0 bridgehead atoms. The lowest BCUT2D eigenvalue weighted by molar-refractivity contribution is 0.196. The number of rotatable bonds is 6. The van der Waals surface area contributed by atoms with Gasteiger partial charge in [0.25, 0.3) is 5.56 Å². The summed E-state index contributed by atoms with van der Waals surface area (Å²) in [6.07, 6.45) is 1.67. The van der Waals surface area contributed by atoms with E-state index in [1.807, 2.05) is 0 Å². The predicted molar refractivity (Wildman–Crippen MR) is 63.8 cm³/mol. The van der Waals surface area contributed by atoms with Gasteiger partial charge in [-0.3, -0.25) is 4.79 Å². The standard InChI is InChI=1S/C9H13ClN2O4S/c1-16-4-2-3-12-17(14,15)7-5-8(10)9(13)11-6-7/h5-6,12H,2-4H2,1H3,(H,11,13). The summed E-state index contributed by atoms with van der Waals surface area (Å²) in [5, 5.41) is -0.162. The average Bonchev–Trinajstić information content (AvgIpc) is 2.28. The highest BCUT2D eigenvalue weighted by Crippen LogP contribution is 2.09. The van der Waals surface area contributed by atoms with Crippen LogP contribution in [-0.2, 0) is 14.8 Å². The number of hydrogen-bond donors (Lipinski definition) is 2. The van der Waals surface area contributed by atoms with E-state index in [4.69, 9.17) is 16.3 Å². The third-order valence-electron chi connectivity index (χ3n) is 1.96. The molecule has 0 radical (unpaired) electrons. The van der Waals surface area contributed by atoms with Gasteiger partial charge in [-0.15, -0.1) is 0 Å². The minimum Gasteiger partial charge on any atom is -0.385 e. The van der Waals surface area contributed by atoms with E-state index in [1.54, 1.807) is 0 Å². The molecule has 0 aromatic carbocycles. The van der Waals surface area contributed by atoms with Crippen molar-refractivity contribution in [3.8, 4) is 0 Å². The third-order valence-corrected chi connectivity index (χ3v) is 3.68. The molecule has 1 aromatic heterocycles. The van der Waals surface area contributed by atoms with Crippen molar-refractivity contribution in [3.63, 3.8) is 0 Å². The summed E-state index contributed by atoms with van der Waals surface area (Å²) in [4.78, 5) is 13.2. The Morgan fingerprint density at radius 1 is 1.53 bits per heavy atom. The summed E-state index contributed by atoms with van der Waals surface area (Å²) >= 11 is 5.55. The number of hydrogen-bond acceptors (Lipinski definition) is 4. The molecule has 0 fully saturated rings. The first-order chi connectivity index (χ1) is 7.97. The Hall–Kier alpha value is -0.890. The Kier molecular flexibility index (Phi) is 5.13. The van der Waals surface area contributed by atoms with Crippen LogP contribution >= 0.6 is 11.6 Å². The highest BCUT2D eigenvalue weighted by molar-refractivity contribution is 7.89. The van der Waals surface area contributed by atoms with Crippen molar-refractivity contribution in [1.29, 1.82) is 0 Å². The molecule has 0 unspecified atom stereocenters. The summed E-state index contributed by atoms with van der Waals surface area (Å²) in [5.74, 6) is 0. The van der Waals surface area contributed by atoms with Crippen LogP contribution in [0.3, 0.4) is 0 Å². The molecule has 2 N–H and O–H groups in total. The molecular weight excluding hydrogens is 268 g/mol. The Balaban J connectivity index is 2.76. The quantitative estimate of drug-likeness (QED) is 0.736. The van der Waals surface area contributed by atoms with E-state index in [9.17, 15) is 13.2 Å². The Bertz CT molecular complexity index is 526. The van der Waals surface area contributed by atoms with E-state index >= 15 is 0 Å². The smallest absolute Gasteiger partial charge is 0.266 e. The number of aromatic amines is 1. The topological polar surface area (TPSA) is 88.3 Å². The zero-order valence-electron chi connectivity index (χ0n) is 9.20. The molecular formula is C9H13ClN2O4S. The van der Waals surface area contributed by atoms with Gasteiger partial charge in [0, 0.05) is 26.5 Å². The van der Waals surface area contributed by atoms with Crippen LogP contribution in [0.15, 0.2) is 22.0 Å². The van der Waals surface area contributed by atoms with Gasteiger partial charge < -0.3 is 9.72 Å². The first-order valence-electron chi connectivity index (χ1n) is 4.84. The van der Waals surface area contributed by atoms with Crippen LogP contribution in [0, 0.1) is 0 Å². The number of nitrogens with one attached hydrogen (secondary N) is 2. The summed E-state index contributed by atoms with van der Waals surface area (Å²) in [6, 6.07) is 1.11. The van der Waals surface area contributed by atoms with Gasteiger partial charge in [0.2, 0.25) is 10.0 Å². The van der Waals surface area contributed by atoms with Crippen LogP contribution in [0.4, 0.5) is 0 Å². The van der Waals surface area contributed by atoms with Gasteiger partial charge in [-0.1, -0.05) is 11.6 Å². The normalized spacial score (nSPS) is 11.6. The number of ether oxygens (including phenoxy) is 1. The second-order valence-electron chi connectivity index (χ2n) is 3.26. The van der Waals surface area contributed by atoms with Gasteiger partial charge in [0.1, 0.15) is 5.02 Å². The lowest BCUT2D eigenvalue weighted by Gasteiger charge is -2.06. The monoisotopic (exact) mass is 280 g/mol. The molecule has 17 heavy (non-hydrogen) atoms. The minimum atomic E-state index is -3.64. The lowest BCUT2D eigenvalue weighted by atomic mass is 10.5. The number of sulfonamides is 1. The highest BCUT2D eigenvalue weighted by atomic mass is 35.5. The molecule has 0 atom stereocenters. The highest BCUT2D eigenvalue weighted by Gasteiger charge is 2.14. The molecule has 8 heteroatoms. The Morgan fingerprint density at radius 3 is 2.82 bits per heavy atom. The van der Waals surface area contributed by atoms with Crippen molar-refractivity contribution in [2.24, 2.45) is 0 Å². The molecule has 0 aliphatic rings. The number of aromatic nitrogens is 1. The van der Waals surface area contributed by atoms with E-state index in [0.29, 0.717) is 13.0 Å². The minimum absolute atomic E-state index is 0.0699. The fourth-order valence-electron chi connectivity index (χ4n) is 1.10. The molecule has 1 aromatic rings. The zero-order valence-corrected chi connectivity index (χ0v) is 10.8. The molecule has 6 nitrogen and oxygen atoms in total. The Labute approximate surface area is 104 Å². The summed E-state index contributed by atoms with van der Waals surface area (Å²) in [5.41, 5.74) is -0.523. The van der Waals surface area contributed by atoms with Crippen LogP contribution in [0.1, 0.15) is 6.42 Å². The number of methoxy groups -OCH3 is 1. The van der Waals surface area contributed by atoms with Crippen LogP contribution < -0.4 is 10.3 Å². The van der Waals surface area contributed by atoms with Crippen molar-refractivity contribution >= 4 is 21.6 Å². The van der Waals surface area contributed by atoms with Gasteiger partial charge in [-0.05, 0) is 12.5 Å². The molecule has 1 heterocycles. The van der Waals surface area contributed by atoms with Gasteiger partial charge >= 0.3 is 0 Å². The van der Waals surface area contributed by atoms with Crippen LogP contribution in [0.25, 0.3) is 0 Å². The summed E-state index contributed by atoms with van der Waals surface area (Å²) in [6.45, 7) is 0.724. The van der Waals surface area contributed by atoms with Crippen molar-refractivity contribution in [2.45, 2.75) is 11.3 Å². The van der Waals surface area contributed by atoms with Crippen LogP contribution in [-0.4, -0.2) is 33.7 Å². The summed E-state index contributed by atoms with van der Waals surface area (Å²) < 4.78 is 30.6. The predicted octanol–water partition coefficient (Wildman–Crippen LogP) is 0.343. The first-order valence-corrected chi connectivity index (χ1v) is 6.70. The van der Waals surface area contributed by atoms with E-state index in [2.05, 4.69) is 9.71 Å². The number of halogens is 1. The Morgan fingerprint density at radius 2 is 2.24 bits per heavy atom. The molecule has 0 saturated heterocycles. The fourth-order valence-corrected chi connectivity index (χ4v) is 2.40. The van der Waals surface area contributed by atoms with Crippen LogP contribution in [0.5, 0.6) is 0 Å². The zero-order chi connectivity index (χ0) is 12.9. The second-order valence-corrected chi connectivity index (χ2v) is 5.43. The van der Waals surface area contributed by atoms with Crippen molar-refractivity contribution < 1.29 is 13.2 Å². The number of H-pyrrole nitrogens is 1. The maximum atomic E-state index is 11.7. The van der Waals surface area contributed by atoms with Crippen molar-refractivity contribution in [3.05, 3.63) is 27.6 Å². The average molecular weight is 281 g/mol. The van der Waals surface area contributed by atoms with E-state index in [-0.39, 0.29) is 16.5 Å². The maximum absolute atomic E-state index is 11.7. The molecule has 96 valence electrons. The largest absolute Gasteiger partial charge is 0.385 e. The van der Waals surface area contributed by atoms with E-state index < -0.39 is 15.6 Å². The second kappa shape index (κ2) is 6.15. The van der Waals surface area contributed by atoms with Crippen molar-refractivity contribution in [1.82, 2.24) is 9.71 Å². The molecule has 0 aliphatic carbocycles. The molecule has 0 amide bonds. The molecule has 1 rings (SSSR count). The molecule has 0 saturated carbocycles. The number of pyridine rings is 1. The SMILES string of the molecule is COCCCNS(=O)(=O)c1c[nH]c(=O)c(Cl)c1. The van der Waals surface area contributed by atoms with Gasteiger partial charge in [-0.25, -0.2) is 13.1 Å². The summed E-state index contributed by atoms with van der Waals surface area (Å²) in [7, 11) is -2.10. The van der Waals surface area contributed by atoms with Gasteiger partial charge in [-0.2, -0.15) is 0 Å². The van der Waals surface area contributed by atoms with Crippen LogP contribution in [0.2, 0.25) is 5.02 Å².